The van der Waals surface area contributed by atoms with E-state index in [1.807, 2.05) is 0 Å². The molecular weight excluding hydrogens is 316 g/mol. The van der Waals surface area contributed by atoms with E-state index in [1.165, 1.54) is 39.0 Å². The molecule has 0 fully saturated rings. The fourth-order valence-corrected chi connectivity index (χ4v) is 4.27. The van der Waals surface area contributed by atoms with E-state index >= 15 is 0 Å². The van der Waals surface area contributed by atoms with E-state index in [4.69, 9.17) is 0 Å². The Balaban J connectivity index is 1.39. The van der Waals surface area contributed by atoms with Gasteiger partial charge in [-0.2, -0.15) is 0 Å². The van der Waals surface area contributed by atoms with Gasteiger partial charge in [-0.15, -0.1) is 0 Å². The summed E-state index contributed by atoms with van der Waals surface area (Å²) in [7, 11) is 0. The van der Waals surface area contributed by atoms with Gasteiger partial charge < -0.3 is 0 Å². The van der Waals surface area contributed by atoms with Gasteiger partial charge in [0.2, 0.25) is 0 Å². The second-order valence-corrected chi connectivity index (χ2v) is 7.72. The molecule has 132 valence electrons. The third kappa shape index (κ3) is 3.31. The van der Waals surface area contributed by atoms with Gasteiger partial charge in [0, 0.05) is 18.8 Å². The Kier molecular flexibility index (Phi) is 4.63. The summed E-state index contributed by atoms with van der Waals surface area (Å²) in [6, 6.07) is 15.2. The average Bonchev–Trinajstić information content (AvgIpc) is 3.06. The summed E-state index contributed by atoms with van der Waals surface area (Å²) in [6.45, 7) is 6.46. The SMILES string of the molecule is C=C1CCc2ccc(CCC(=O)CC3=CCc4ccccc43)cc2C1C. The van der Waals surface area contributed by atoms with Crippen LogP contribution in [0.25, 0.3) is 5.57 Å². The van der Waals surface area contributed by atoms with Crippen LogP contribution in [0.5, 0.6) is 0 Å². The maximum absolute atomic E-state index is 12.5. The number of Topliss-reactive ketones (excluding diaryl/α,β-unsaturated/α-hetero) is 1. The molecule has 0 saturated carbocycles. The highest BCUT2D eigenvalue weighted by atomic mass is 16.1. The summed E-state index contributed by atoms with van der Waals surface area (Å²) in [6.07, 6.45) is 7.40. The van der Waals surface area contributed by atoms with Crippen molar-refractivity contribution in [3.05, 3.63) is 88.5 Å². The lowest BCUT2D eigenvalue weighted by Gasteiger charge is -2.25. The molecule has 0 aliphatic heterocycles. The van der Waals surface area contributed by atoms with Gasteiger partial charge in [-0.1, -0.05) is 67.6 Å². The highest BCUT2D eigenvalue weighted by molar-refractivity contribution is 5.92. The van der Waals surface area contributed by atoms with E-state index in [-0.39, 0.29) is 0 Å². The second kappa shape index (κ2) is 7.07. The van der Waals surface area contributed by atoms with E-state index in [2.05, 4.69) is 62.0 Å². The molecule has 0 bridgehead atoms. The molecule has 2 aliphatic rings. The normalized spacial score (nSPS) is 18.3. The lowest BCUT2D eigenvalue weighted by molar-refractivity contribution is -0.118. The Morgan fingerprint density at radius 3 is 2.85 bits per heavy atom. The molecule has 0 N–H and O–H groups in total. The number of ketones is 1. The molecule has 0 aromatic heterocycles. The second-order valence-electron chi connectivity index (χ2n) is 7.72. The molecule has 1 unspecified atom stereocenters. The molecule has 2 aromatic rings. The summed E-state index contributed by atoms with van der Waals surface area (Å²) in [5, 5.41) is 0. The van der Waals surface area contributed by atoms with Crippen LogP contribution in [0.15, 0.2) is 60.7 Å². The lowest BCUT2D eigenvalue weighted by atomic mass is 9.80. The highest BCUT2D eigenvalue weighted by Crippen LogP contribution is 2.35. The molecule has 26 heavy (non-hydrogen) atoms. The van der Waals surface area contributed by atoms with Crippen LogP contribution >= 0.6 is 0 Å². The van der Waals surface area contributed by atoms with Crippen molar-refractivity contribution in [3.63, 3.8) is 0 Å². The Morgan fingerprint density at radius 2 is 1.96 bits per heavy atom. The first-order valence-corrected chi connectivity index (χ1v) is 9.70. The number of aryl methyl sites for hydroxylation is 2. The van der Waals surface area contributed by atoms with Crippen LogP contribution in [0, 0.1) is 0 Å². The minimum atomic E-state index is 0.336. The van der Waals surface area contributed by atoms with Crippen molar-refractivity contribution in [2.24, 2.45) is 0 Å². The maximum Gasteiger partial charge on any atom is 0.137 e. The first kappa shape index (κ1) is 17.0. The fourth-order valence-electron chi connectivity index (χ4n) is 4.27. The van der Waals surface area contributed by atoms with Crippen LogP contribution in [-0.2, 0) is 24.1 Å². The van der Waals surface area contributed by atoms with Gasteiger partial charge in [-0.05, 0) is 59.1 Å². The molecule has 0 spiro atoms. The van der Waals surface area contributed by atoms with Crippen LogP contribution in [-0.4, -0.2) is 5.78 Å². The largest absolute Gasteiger partial charge is 0.299 e. The van der Waals surface area contributed by atoms with Gasteiger partial charge in [0.1, 0.15) is 5.78 Å². The topological polar surface area (TPSA) is 17.1 Å². The average molecular weight is 342 g/mol. The number of allylic oxidation sites excluding steroid dienone is 3. The van der Waals surface area contributed by atoms with Crippen LogP contribution in [0.2, 0.25) is 0 Å². The van der Waals surface area contributed by atoms with Crippen molar-refractivity contribution in [1.29, 1.82) is 0 Å². The fraction of sp³-hybridized carbons (Fsp3) is 0.320. The van der Waals surface area contributed by atoms with Crippen LogP contribution < -0.4 is 0 Å². The first-order valence-electron chi connectivity index (χ1n) is 9.70. The number of carbonyl (C=O) groups is 1. The van der Waals surface area contributed by atoms with Gasteiger partial charge in [0.15, 0.2) is 0 Å². The predicted molar refractivity (Wildman–Crippen MR) is 108 cm³/mol. The zero-order valence-corrected chi connectivity index (χ0v) is 15.6. The molecule has 0 heterocycles. The molecular formula is C25H26O. The minimum Gasteiger partial charge on any atom is -0.299 e. The summed E-state index contributed by atoms with van der Waals surface area (Å²) < 4.78 is 0. The molecule has 0 amide bonds. The molecule has 4 rings (SSSR count). The minimum absolute atomic E-state index is 0.336. The quantitative estimate of drug-likeness (QED) is 0.625. The zero-order valence-electron chi connectivity index (χ0n) is 15.6. The van der Waals surface area contributed by atoms with Crippen molar-refractivity contribution < 1.29 is 4.79 Å². The predicted octanol–water partition coefficient (Wildman–Crippen LogP) is 5.82. The van der Waals surface area contributed by atoms with Gasteiger partial charge in [0.05, 0.1) is 0 Å². The van der Waals surface area contributed by atoms with E-state index in [1.54, 1.807) is 0 Å². The van der Waals surface area contributed by atoms with Crippen LogP contribution in [0.4, 0.5) is 0 Å². The monoisotopic (exact) mass is 342 g/mol. The van der Waals surface area contributed by atoms with Gasteiger partial charge in [-0.3, -0.25) is 4.79 Å². The van der Waals surface area contributed by atoms with E-state index in [0.29, 0.717) is 24.5 Å². The molecule has 1 nitrogen and oxygen atoms in total. The molecule has 1 heteroatoms. The number of hydrogen-bond donors (Lipinski definition) is 0. The first-order chi connectivity index (χ1) is 12.6. The summed E-state index contributed by atoms with van der Waals surface area (Å²) in [4.78, 5) is 12.5. The summed E-state index contributed by atoms with van der Waals surface area (Å²) in [5.41, 5.74) is 9.30. The number of hydrogen-bond acceptors (Lipinski definition) is 1. The summed E-state index contributed by atoms with van der Waals surface area (Å²) >= 11 is 0. The zero-order chi connectivity index (χ0) is 18.1. The number of carbonyl (C=O) groups excluding carboxylic acids is 1. The van der Waals surface area contributed by atoms with Gasteiger partial charge in [-0.25, -0.2) is 0 Å². The third-order valence-electron chi connectivity index (χ3n) is 6.02. The molecule has 0 saturated heterocycles. The third-order valence-corrected chi connectivity index (χ3v) is 6.02. The number of rotatable bonds is 5. The molecule has 2 aromatic carbocycles. The van der Waals surface area contributed by atoms with Crippen LogP contribution in [0.1, 0.15) is 59.9 Å². The Labute approximate surface area is 156 Å². The van der Waals surface area contributed by atoms with Gasteiger partial charge >= 0.3 is 0 Å². The maximum atomic E-state index is 12.5. The Morgan fingerprint density at radius 1 is 1.12 bits per heavy atom. The number of benzene rings is 2. The smallest absolute Gasteiger partial charge is 0.137 e. The standard InChI is InChI=1S/C25H26O/c1-17-7-10-21-11-8-19(15-25(21)18(17)2)9-14-23(26)16-22-13-12-20-5-3-4-6-24(20)22/h3-6,8,11,13,15,18H,1,7,9-10,12,14,16H2,2H3. The van der Waals surface area contributed by atoms with E-state index in [9.17, 15) is 4.79 Å². The highest BCUT2D eigenvalue weighted by Gasteiger charge is 2.20. The lowest BCUT2D eigenvalue weighted by Crippen LogP contribution is -2.10. The van der Waals surface area contributed by atoms with Crippen molar-refractivity contribution in [2.75, 3.05) is 0 Å². The van der Waals surface area contributed by atoms with Gasteiger partial charge in [0.25, 0.3) is 0 Å². The van der Waals surface area contributed by atoms with Crippen molar-refractivity contribution in [3.8, 4) is 0 Å². The summed E-state index contributed by atoms with van der Waals surface area (Å²) in [5.74, 6) is 0.776. The Hall–Kier alpha value is -2.41. The molecule has 2 aliphatic carbocycles. The van der Waals surface area contributed by atoms with Crippen LogP contribution in [0.3, 0.4) is 0 Å². The van der Waals surface area contributed by atoms with E-state index in [0.717, 1.165) is 25.7 Å². The molecule has 1 atom stereocenters. The Bertz CT molecular complexity index is 900. The van der Waals surface area contributed by atoms with Crippen molar-refractivity contribution in [2.45, 2.75) is 51.4 Å². The molecule has 0 radical (unpaired) electrons. The van der Waals surface area contributed by atoms with E-state index < -0.39 is 0 Å². The van der Waals surface area contributed by atoms with Crippen molar-refractivity contribution in [1.82, 2.24) is 0 Å². The number of fused-ring (bicyclic) bond motifs is 2. The van der Waals surface area contributed by atoms with Crippen molar-refractivity contribution >= 4 is 11.4 Å².